The van der Waals surface area contributed by atoms with Gasteiger partial charge in [-0.15, -0.1) is 0 Å². The van der Waals surface area contributed by atoms with Gasteiger partial charge in [0.1, 0.15) is 22.3 Å². The smallest absolute Gasteiger partial charge is 0.161 e. The molecule has 0 radical (unpaired) electrons. The zero-order valence-corrected chi connectivity index (χ0v) is 27.9. The summed E-state index contributed by atoms with van der Waals surface area (Å²) in [6.45, 7) is 0. The van der Waals surface area contributed by atoms with Gasteiger partial charge in [0.15, 0.2) is 5.82 Å². The average molecular weight is 665 g/mol. The Labute approximate surface area is 298 Å². The lowest BCUT2D eigenvalue weighted by Crippen LogP contribution is -1.97. The molecular formula is C48H28N2O2. The normalized spacial score (nSPS) is 11.8. The second kappa shape index (κ2) is 11.2. The zero-order chi connectivity index (χ0) is 34.2. The van der Waals surface area contributed by atoms with Gasteiger partial charge in [-0.25, -0.2) is 9.97 Å². The van der Waals surface area contributed by atoms with Crippen LogP contribution in [0.4, 0.5) is 0 Å². The largest absolute Gasteiger partial charge is 0.456 e. The molecule has 3 aromatic heterocycles. The van der Waals surface area contributed by atoms with Crippen molar-refractivity contribution in [2.24, 2.45) is 0 Å². The predicted molar refractivity (Wildman–Crippen MR) is 213 cm³/mol. The van der Waals surface area contributed by atoms with Crippen molar-refractivity contribution in [3.63, 3.8) is 0 Å². The fraction of sp³-hybridized carbons (Fsp3) is 0. The Morgan fingerprint density at radius 3 is 1.87 bits per heavy atom. The molecule has 4 nitrogen and oxygen atoms in total. The van der Waals surface area contributed by atoms with Gasteiger partial charge in [0.05, 0.1) is 11.4 Å². The highest BCUT2D eigenvalue weighted by atomic mass is 16.3. The van der Waals surface area contributed by atoms with Crippen molar-refractivity contribution in [1.29, 1.82) is 0 Å². The molecule has 0 saturated heterocycles. The maximum absolute atomic E-state index is 6.74. The van der Waals surface area contributed by atoms with Crippen molar-refractivity contribution in [3.8, 4) is 45.0 Å². The Balaban J connectivity index is 1.22. The van der Waals surface area contributed by atoms with E-state index in [2.05, 4.69) is 140 Å². The van der Waals surface area contributed by atoms with Crippen LogP contribution in [0.2, 0.25) is 0 Å². The fourth-order valence-electron chi connectivity index (χ4n) is 7.88. The first-order valence-electron chi connectivity index (χ1n) is 17.5. The lowest BCUT2D eigenvalue weighted by Gasteiger charge is -2.12. The van der Waals surface area contributed by atoms with E-state index in [4.69, 9.17) is 18.8 Å². The van der Waals surface area contributed by atoms with Gasteiger partial charge in [-0.05, 0) is 63.7 Å². The molecule has 11 rings (SSSR count). The van der Waals surface area contributed by atoms with Crippen LogP contribution in [-0.2, 0) is 0 Å². The summed E-state index contributed by atoms with van der Waals surface area (Å²) >= 11 is 0. The molecule has 0 bridgehead atoms. The number of hydrogen-bond acceptors (Lipinski definition) is 4. The highest BCUT2D eigenvalue weighted by molar-refractivity contribution is 6.22. The number of aromatic nitrogens is 2. The van der Waals surface area contributed by atoms with Gasteiger partial charge in [0, 0.05) is 43.6 Å². The van der Waals surface area contributed by atoms with E-state index >= 15 is 0 Å². The van der Waals surface area contributed by atoms with E-state index in [0.29, 0.717) is 5.82 Å². The lowest BCUT2D eigenvalue weighted by molar-refractivity contribution is 0.669. The maximum Gasteiger partial charge on any atom is 0.161 e. The fourth-order valence-corrected chi connectivity index (χ4v) is 7.88. The van der Waals surface area contributed by atoms with Crippen LogP contribution in [0.3, 0.4) is 0 Å². The topological polar surface area (TPSA) is 52.1 Å². The minimum absolute atomic E-state index is 0.637. The minimum Gasteiger partial charge on any atom is -0.456 e. The number of benzene rings is 8. The molecule has 4 heteroatoms. The van der Waals surface area contributed by atoms with E-state index in [1.54, 1.807) is 0 Å². The first-order valence-corrected chi connectivity index (χ1v) is 17.5. The summed E-state index contributed by atoms with van der Waals surface area (Å²) in [4.78, 5) is 10.7. The van der Waals surface area contributed by atoms with E-state index in [-0.39, 0.29) is 0 Å². The molecule has 0 aliphatic carbocycles. The van der Waals surface area contributed by atoms with Crippen LogP contribution >= 0.6 is 0 Å². The summed E-state index contributed by atoms with van der Waals surface area (Å²) < 4.78 is 13.0. The number of nitrogens with zero attached hydrogens (tertiary/aromatic N) is 2. The van der Waals surface area contributed by atoms with Crippen LogP contribution in [0, 0.1) is 0 Å². The third-order valence-electron chi connectivity index (χ3n) is 10.3. The molecule has 0 spiro atoms. The monoisotopic (exact) mass is 664 g/mol. The van der Waals surface area contributed by atoms with E-state index in [0.717, 1.165) is 93.7 Å². The Bertz CT molecular complexity index is 3190. The van der Waals surface area contributed by atoms with Gasteiger partial charge in [-0.1, -0.05) is 133 Å². The van der Waals surface area contributed by atoms with Crippen molar-refractivity contribution in [1.82, 2.24) is 9.97 Å². The van der Waals surface area contributed by atoms with Gasteiger partial charge in [0.2, 0.25) is 0 Å². The first kappa shape index (κ1) is 28.8. The Kier molecular flexibility index (Phi) is 6.22. The van der Waals surface area contributed by atoms with Crippen LogP contribution in [-0.4, -0.2) is 9.97 Å². The van der Waals surface area contributed by atoms with Crippen LogP contribution in [0.15, 0.2) is 179 Å². The van der Waals surface area contributed by atoms with Crippen molar-refractivity contribution in [2.45, 2.75) is 0 Å². The van der Waals surface area contributed by atoms with Crippen LogP contribution in [0.25, 0.3) is 110 Å². The van der Waals surface area contributed by atoms with Crippen molar-refractivity contribution >= 4 is 65.4 Å². The minimum atomic E-state index is 0.637. The molecule has 52 heavy (non-hydrogen) atoms. The summed E-state index contributed by atoms with van der Waals surface area (Å²) in [5.74, 6) is 0.637. The molecule has 0 N–H and O–H groups in total. The van der Waals surface area contributed by atoms with Gasteiger partial charge in [-0.3, -0.25) is 0 Å². The van der Waals surface area contributed by atoms with E-state index in [1.165, 1.54) is 10.9 Å². The third kappa shape index (κ3) is 4.41. The molecule has 0 aliphatic rings. The maximum atomic E-state index is 6.74. The number of rotatable bonds is 4. The van der Waals surface area contributed by atoms with Crippen molar-refractivity contribution in [3.05, 3.63) is 170 Å². The third-order valence-corrected chi connectivity index (χ3v) is 10.3. The Morgan fingerprint density at radius 2 is 1.00 bits per heavy atom. The molecular weight excluding hydrogens is 637 g/mol. The number of furan rings is 2. The van der Waals surface area contributed by atoms with Crippen LogP contribution < -0.4 is 0 Å². The Hall–Kier alpha value is -7.04. The summed E-state index contributed by atoms with van der Waals surface area (Å²) in [5.41, 5.74) is 10.3. The molecule has 0 fully saturated rings. The zero-order valence-electron chi connectivity index (χ0n) is 27.9. The molecule has 8 aromatic carbocycles. The molecule has 11 aromatic rings. The quantitative estimate of drug-likeness (QED) is 0.188. The number of para-hydroxylation sites is 1. The van der Waals surface area contributed by atoms with Crippen molar-refractivity contribution < 1.29 is 8.83 Å². The molecule has 0 unspecified atom stereocenters. The molecule has 242 valence electrons. The average Bonchev–Trinajstić information content (AvgIpc) is 3.79. The van der Waals surface area contributed by atoms with Gasteiger partial charge < -0.3 is 8.83 Å². The summed E-state index contributed by atoms with van der Waals surface area (Å²) in [5, 5.41) is 8.72. The van der Waals surface area contributed by atoms with Gasteiger partial charge in [0.25, 0.3) is 0 Å². The second-order valence-corrected chi connectivity index (χ2v) is 13.3. The summed E-state index contributed by atoms with van der Waals surface area (Å²) in [6, 6.07) is 59.0. The second-order valence-electron chi connectivity index (χ2n) is 13.3. The van der Waals surface area contributed by atoms with Crippen molar-refractivity contribution in [2.75, 3.05) is 0 Å². The first-order chi connectivity index (χ1) is 25.8. The predicted octanol–water partition coefficient (Wildman–Crippen LogP) is 13.2. The SMILES string of the molecule is c1ccc(-c2cc3c(oc4cccc(-c5cc(-c6ccc7ccccc7c6)nc(-c6cccc7oc8ccccc8c67)n5)c43)c3ccccc23)cc1. The standard InChI is InChI=1S/C48H28N2O2/c1-2-13-30(14-3-1)38-27-39-45-35(19-10-23-44(45)52-47(39)34-17-7-6-16-33(34)38)41-28-40(32-25-24-29-12-4-5-15-31(29)26-32)49-48(50-41)37-20-11-22-43-46(37)36-18-8-9-21-42(36)51-43/h1-28H. The molecule has 3 heterocycles. The number of hydrogen-bond donors (Lipinski definition) is 0. The molecule has 0 saturated carbocycles. The lowest BCUT2D eigenvalue weighted by atomic mass is 9.94. The van der Waals surface area contributed by atoms with E-state index in [1.807, 2.05) is 30.3 Å². The highest BCUT2D eigenvalue weighted by Crippen LogP contribution is 2.44. The number of fused-ring (bicyclic) bond motifs is 9. The van der Waals surface area contributed by atoms with E-state index in [9.17, 15) is 0 Å². The van der Waals surface area contributed by atoms with Gasteiger partial charge >= 0.3 is 0 Å². The molecule has 0 atom stereocenters. The summed E-state index contributed by atoms with van der Waals surface area (Å²) in [6.07, 6.45) is 0. The highest BCUT2D eigenvalue weighted by Gasteiger charge is 2.21. The van der Waals surface area contributed by atoms with Crippen LogP contribution in [0.1, 0.15) is 0 Å². The van der Waals surface area contributed by atoms with E-state index < -0.39 is 0 Å². The molecule has 0 aliphatic heterocycles. The van der Waals surface area contributed by atoms with Gasteiger partial charge in [-0.2, -0.15) is 0 Å². The molecule has 0 amide bonds. The summed E-state index contributed by atoms with van der Waals surface area (Å²) in [7, 11) is 0. The Morgan fingerprint density at radius 1 is 0.346 bits per heavy atom. The van der Waals surface area contributed by atoms with Crippen LogP contribution in [0.5, 0.6) is 0 Å².